The first-order valence-corrected chi connectivity index (χ1v) is 9.48. The number of carbonyl (C=O) groups excluding carboxylic acids is 1. The van der Waals surface area contributed by atoms with Crippen molar-refractivity contribution in [3.8, 4) is 0 Å². The highest BCUT2D eigenvalue weighted by Crippen LogP contribution is 2.35. The second-order valence-corrected chi connectivity index (χ2v) is 7.71. The number of aromatic nitrogens is 2. The Morgan fingerprint density at radius 3 is 2.96 bits per heavy atom. The Labute approximate surface area is 150 Å². The van der Waals surface area contributed by atoms with E-state index in [4.69, 9.17) is 4.74 Å². The van der Waals surface area contributed by atoms with Crippen LogP contribution in [-0.4, -0.2) is 53.1 Å². The summed E-state index contributed by atoms with van der Waals surface area (Å²) < 4.78 is 5.98. The third kappa shape index (κ3) is 5.22. The highest BCUT2D eigenvalue weighted by atomic mass is 16.5. The molecule has 1 aromatic rings. The van der Waals surface area contributed by atoms with Crippen molar-refractivity contribution < 1.29 is 9.53 Å². The summed E-state index contributed by atoms with van der Waals surface area (Å²) in [5.74, 6) is 2.52. The van der Waals surface area contributed by atoms with E-state index in [0.717, 1.165) is 32.0 Å². The zero-order valence-corrected chi connectivity index (χ0v) is 15.4. The van der Waals surface area contributed by atoms with Crippen molar-refractivity contribution in [3.63, 3.8) is 0 Å². The van der Waals surface area contributed by atoms with Crippen molar-refractivity contribution in [2.75, 3.05) is 26.2 Å². The number of ether oxygens (including phenoxy) is 1. The van der Waals surface area contributed by atoms with Gasteiger partial charge in [0.15, 0.2) is 0 Å². The van der Waals surface area contributed by atoms with E-state index in [2.05, 4.69) is 34.0 Å². The van der Waals surface area contributed by atoms with Crippen LogP contribution < -0.4 is 5.32 Å². The van der Waals surface area contributed by atoms with Gasteiger partial charge in [0.05, 0.1) is 25.7 Å². The number of hydrogen-bond acceptors (Lipinski definition) is 5. The number of nitrogens with one attached hydrogen (secondary N) is 1. The lowest BCUT2D eigenvalue weighted by molar-refractivity contribution is -0.124. The van der Waals surface area contributed by atoms with Gasteiger partial charge in [-0.15, -0.1) is 0 Å². The van der Waals surface area contributed by atoms with Crippen molar-refractivity contribution in [3.05, 3.63) is 24.3 Å². The SMILES string of the molecule is CC(C)CCN1CC[C@@H]2[C@@H](CO[C@H]2CC(=O)NCc2ncccn2)C1. The molecule has 2 aliphatic rings. The third-order valence-electron chi connectivity index (χ3n) is 5.35. The van der Waals surface area contributed by atoms with E-state index in [1.807, 2.05) is 0 Å². The second-order valence-electron chi connectivity index (χ2n) is 7.71. The Morgan fingerprint density at radius 1 is 1.40 bits per heavy atom. The largest absolute Gasteiger partial charge is 0.377 e. The van der Waals surface area contributed by atoms with E-state index in [1.165, 1.54) is 13.0 Å². The predicted octanol–water partition coefficient (Wildman–Crippen LogP) is 1.87. The monoisotopic (exact) mass is 346 g/mol. The predicted molar refractivity (Wildman–Crippen MR) is 95.7 cm³/mol. The van der Waals surface area contributed by atoms with Crippen LogP contribution in [0.3, 0.4) is 0 Å². The van der Waals surface area contributed by atoms with Crippen molar-refractivity contribution in [1.29, 1.82) is 0 Å². The first-order chi connectivity index (χ1) is 12.1. The molecule has 3 heterocycles. The molecular formula is C19H30N4O2. The van der Waals surface area contributed by atoms with E-state index >= 15 is 0 Å². The van der Waals surface area contributed by atoms with Crippen LogP contribution in [0.1, 0.15) is 38.9 Å². The summed E-state index contributed by atoms with van der Waals surface area (Å²) in [6.45, 7) is 9.16. The fourth-order valence-electron chi connectivity index (χ4n) is 3.87. The van der Waals surface area contributed by atoms with Gasteiger partial charge in [0.1, 0.15) is 5.82 Å². The van der Waals surface area contributed by atoms with Gasteiger partial charge in [-0.05, 0) is 43.8 Å². The highest BCUT2D eigenvalue weighted by molar-refractivity contribution is 5.76. The molecule has 6 heteroatoms. The molecule has 6 nitrogen and oxygen atoms in total. The van der Waals surface area contributed by atoms with Crippen molar-refractivity contribution in [2.45, 2.75) is 45.8 Å². The van der Waals surface area contributed by atoms with Gasteiger partial charge in [-0.2, -0.15) is 0 Å². The Balaban J connectivity index is 1.42. The van der Waals surface area contributed by atoms with Crippen LogP contribution >= 0.6 is 0 Å². The molecule has 2 fully saturated rings. The molecule has 1 N–H and O–H groups in total. The highest BCUT2D eigenvalue weighted by Gasteiger charge is 2.41. The van der Waals surface area contributed by atoms with E-state index in [1.54, 1.807) is 18.5 Å². The zero-order valence-electron chi connectivity index (χ0n) is 15.4. The topological polar surface area (TPSA) is 67.3 Å². The van der Waals surface area contributed by atoms with Gasteiger partial charge < -0.3 is 15.0 Å². The second kappa shape index (κ2) is 8.72. The molecule has 0 bridgehead atoms. The molecule has 0 spiro atoms. The molecule has 2 aliphatic heterocycles. The molecule has 0 aromatic carbocycles. The molecule has 1 amide bonds. The molecule has 25 heavy (non-hydrogen) atoms. The number of nitrogens with zero attached hydrogens (tertiary/aromatic N) is 3. The van der Waals surface area contributed by atoms with E-state index in [0.29, 0.717) is 30.6 Å². The van der Waals surface area contributed by atoms with Crippen LogP contribution in [0, 0.1) is 17.8 Å². The summed E-state index contributed by atoms with van der Waals surface area (Å²) in [7, 11) is 0. The molecule has 3 atom stereocenters. The smallest absolute Gasteiger partial charge is 0.222 e. The molecular weight excluding hydrogens is 316 g/mol. The molecule has 138 valence electrons. The molecule has 3 rings (SSSR count). The van der Waals surface area contributed by atoms with Gasteiger partial charge >= 0.3 is 0 Å². The van der Waals surface area contributed by atoms with Crippen LogP contribution in [-0.2, 0) is 16.1 Å². The Hall–Kier alpha value is -1.53. The normalized spacial score (nSPS) is 26.6. The number of likely N-dealkylation sites (tertiary alicyclic amines) is 1. The van der Waals surface area contributed by atoms with Crippen LogP contribution in [0.4, 0.5) is 0 Å². The van der Waals surface area contributed by atoms with Crippen molar-refractivity contribution >= 4 is 5.91 Å². The van der Waals surface area contributed by atoms with Gasteiger partial charge in [0.2, 0.25) is 5.91 Å². The quantitative estimate of drug-likeness (QED) is 0.816. The first kappa shape index (κ1) is 18.3. The Kier molecular flexibility index (Phi) is 6.37. The lowest BCUT2D eigenvalue weighted by Crippen LogP contribution is -2.42. The fourth-order valence-corrected chi connectivity index (χ4v) is 3.87. The summed E-state index contributed by atoms with van der Waals surface area (Å²) >= 11 is 0. The average molecular weight is 346 g/mol. The maximum Gasteiger partial charge on any atom is 0.222 e. The Bertz CT molecular complexity index is 552. The van der Waals surface area contributed by atoms with Gasteiger partial charge in [0.25, 0.3) is 0 Å². The summed E-state index contributed by atoms with van der Waals surface area (Å²) in [6, 6.07) is 1.77. The van der Waals surface area contributed by atoms with Crippen LogP contribution in [0.15, 0.2) is 18.5 Å². The minimum absolute atomic E-state index is 0.0281. The number of piperidine rings is 1. The maximum absolute atomic E-state index is 12.2. The summed E-state index contributed by atoms with van der Waals surface area (Å²) in [4.78, 5) is 23.0. The Morgan fingerprint density at radius 2 is 2.20 bits per heavy atom. The molecule has 2 saturated heterocycles. The number of hydrogen-bond donors (Lipinski definition) is 1. The van der Waals surface area contributed by atoms with Gasteiger partial charge in [-0.1, -0.05) is 13.8 Å². The summed E-state index contributed by atoms with van der Waals surface area (Å²) in [5.41, 5.74) is 0. The lowest BCUT2D eigenvalue weighted by Gasteiger charge is -2.35. The van der Waals surface area contributed by atoms with E-state index < -0.39 is 0 Å². The minimum atomic E-state index is 0.0281. The molecule has 0 unspecified atom stereocenters. The van der Waals surface area contributed by atoms with Crippen LogP contribution in [0.25, 0.3) is 0 Å². The summed E-state index contributed by atoms with van der Waals surface area (Å²) in [5, 5.41) is 2.91. The number of fused-ring (bicyclic) bond motifs is 1. The standard InChI is InChI=1S/C19H30N4O2/c1-14(2)4-8-23-9-5-16-15(12-23)13-25-17(16)10-19(24)22-11-18-20-6-3-7-21-18/h3,6-7,14-17H,4-5,8-13H2,1-2H3,(H,22,24)/t15-,16-,17+/m1/s1. The number of rotatable bonds is 7. The van der Waals surface area contributed by atoms with Gasteiger partial charge in [-0.25, -0.2) is 9.97 Å². The summed E-state index contributed by atoms with van der Waals surface area (Å²) in [6.07, 6.45) is 6.28. The molecule has 0 saturated carbocycles. The van der Waals surface area contributed by atoms with E-state index in [9.17, 15) is 4.79 Å². The van der Waals surface area contributed by atoms with Crippen LogP contribution in [0.5, 0.6) is 0 Å². The van der Waals surface area contributed by atoms with Crippen molar-refractivity contribution in [1.82, 2.24) is 20.2 Å². The molecule has 0 aliphatic carbocycles. The van der Waals surface area contributed by atoms with Crippen molar-refractivity contribution in [2.24, 2.45) is 17.8 Å². The zero-order chi connectivity index (χ0) is 17.6. The number of amides is 1. The number of carbonyl (C=O) groups is 1. The third-order valence-corrected chi connectivity index (χ3v) is 5.35. The lowest BCUT2D eigenvalue weighted by atomic mass is 9.83. The first-order valence-electron chi connectivity index (χ1n) is 9.48. The average Bonchev–Trinajstić information content (AvgIpc) is 3.01. The molecule has 1 aromatic heterocycles. The van der Waals surface area contributed by atoms with Gasteiger partial charge in [-0.3, -0.25) is 4.79 Å². The van der Waals surface area contributed by atoms with Gasteiger partial charge in [0, 0.05) is 24.9 Å². The molecule has 0 radical (unpaired) electrons. The van der Waals surface area contributed by atoms with E-state index in [-0.39, 0.29) is 12.0 Å². The minimum Gasteiger partial charge on any atom is -0.377 e. The maximum atomic E-state index is 12.2. The fraction of sp³-hybridized carbons (Fsp3) is 0.737. The van der Waals surface area contributed by atoms with Crippen LogP contribution in [0.2, 0.25) is 0 Å².